The van der Waals surface area contributed by atoms with Crippen LogP contribution in [0.3, 0.4) is 0 Å². The van der Waals surface area contributed by atoms with Crippen LogP contribution < -0.4 is 10.2 Å². The summed E-state index contributed by atoms with van der Waals surface area (Å²) in [6.45, 7) is 2.39. The van der Waals surface area contributed by atoms with Crippen molar-refractivity contribution in [2.75, 3.05) is 23.4 Å². The molecule has 2 fully saturated rings. The van der Waals surface area contributed by atoms with Gasteiger partial charge in [-0.1, -0.05) is 36.4 Å². The minimum Gasteiger partial charge on any atom is -0.462 e. The third-order valence-corrected chi connectivity index (χ3v) is 6.11. The molecule has 1 spiro atoms. The highest BCUT2D eigenvalue weighted by molar-refractivity contribution is 6.05. The highest BCUT2D eigenvalue weighted by atomic mass is 16.5. The van der Waals surface area contributed by atoms with Crippen LogP contribution in [0.25, 0.3) is 0 Å². The summed E-state index contributed by atoms with van der Waals surface area (Å²) in [6, 6.07) is 16.0. The largest absolute Gasteiger partial charge is 0.462 e. The van der Waals surface area contributed by atoms with Crippen LogP contribution in [-0.4, -0.2) is 42.6 Å². The van der Waals surface area contributed by atoms with Crippen LogP contribution in [0.1, 0.15) is 17.3 Å². The molecule has 2 aromatic carbocycles. The topological polar surface area (TPSA) is 84.9 Å². The van der Waals surface area contributed by atoms with E-state index in [0.717, 1.165) is 5.69 Å². The van der Waals surface area contributed by atoms with Crippen LogP contribution in [0.15, 0.2) is 66.7 Å². The Bertz CT molecular complexity index is 1080. The number of hydrogen-bond acceptors (Lipinski definition) is 5. The summed E-state index contributed by atoms with van der Waals surface area (Å²) in [5, 5.41) is 2.86. The van der Waals surface area contributed by atoms with Crippen molar-refractivity contribution in [2.45, 2.75) is 18.6 Å². The number of benzene rings is 2. The fourth-order valence-corrected chi connectivity index (χ4v) is 4.79. The van der Waals surface area contributed by atoms with Crippen LogP contribution >= 0.6 is 0 Å². The highest BCUT2D eigenvalue weighted by Crippen LogP contribution is 2.52. The number of nitrogens with zero attached hydrogens (tertiary/aromatic N) is 1. The lowest BCUT2D eigenvalue weighted by Crippen LogP contribution is -2.41. The average Bonchev–Trinajstić information content (AvgIpc) is 3.43. The normalized spacial score (nSPS) is 28.0. The Morgan fingerprint density at radius 1 is 1.19 bits per heavy atom. The molecule has 0 aliphatic carbocycles. The van der Waals surface area contributed by atoms with Crippen molar-refractivity contribution in [1.29, 1.82) is 0 Å². The van der Waals surface area contributed by atoms with Gasteiger partial charge in [0, 0.05) is 11.4 Å². The lowest BCUT2D eigenvalue weighted by atomic mass is 9.76. The van der Waals surface area contributed by atoms with Crippen molar-refractivity contribution in [3.05, 3.63) is 72.3 Å². The van der Waals surface area contributed by atoms with Crippen molar-refractivity contribution in [1.82, 2.24) is 0 Å². The molecule has 5 rings (SSSR count). The third-order valence-electron chi connectivity index (χ3n) is 6.11. The van der Waals surface area contributed by atoms with E-state index >= 15 is 0 Å². The number of ether oxygens (including phenoxy) is 2. The Morgan fingerprint density at radius 2 is 2.00 bits per heavy atom. The minimum atomic E-state index is -0.785. The summed E-state index contributed by atoms with van der Waals surface area (Å²) in [5.74, 6) is -2.09. The van der Waals surface area contributed by atoms with E-state index in [9.17, 15) is 14.4 Å². The van der Waals surface area contributed by atoms with Gasteiger partial charge in [0.25, 0.3) is 0 Å². The molecular formula is C24H22N2O5. The first kappa shape index (κ1) is 19.5. The van der Waals surface area contributed by atoms with Crippen molar-refractivity contribution in [3.63, 3.8) is 0 Å². The zero-order valence-electron chi connectivity index (χ0n) is 17.0. The molecule has 0 aromatic heterocycles. The molecule has 3 aliphatic rings. The van der Waals surface area contributed by atoms with Crippen molar-refractivity contribution >= 4 is 29.2 Å². The first-order valence-electron chi connectivity index (χ1n) is 10.3. The Balaban J connectivity index is 1.38. The standard InChI is InChI=1S/C24H22N2O5/c1-2-30-23(29)15-7-6-8-16(13-15)25-21(27)19-18-11-12-24(31-18)14-26(22(28)20(19)24)17-9-4-3-5-10-17/h3-13,18-20H,2,14H2,1H3,(H,25,27)/t18-,19+,20+,24+/m1/s1. The second-order valence-electron chi connectivity index (χ2n) is 7.95. The number of carbonyl (C=O) groups excluding carboxylic acids is 3. The maximum Gasteiger partial charge on any atom is 0.338 e. The molecule has 0 radical (unpaired) electrons. The van der Waals surface area contributed by atoms with Crippen molar-refractivity contribution < 1.29 is 23.9 Å². The first-order valence-corrected chi connectivity index (χ1v) is 10.3. The van der Waals surface area contributed by atoms with Gasteiger partial charge in [0.15, 0.2) is 0 Å². The number of amides is 2. The van der Waals surface area contributed by atoms with Crippen LogP contribution in [0, 0.1) is 11.8 Å². The molecule has 2 amide bonds. The Kier molecular flexibility index (Phi) is 4.63. The molecule has 0 unspecified atom stereocenters. The molecule has 1 N–H and O–H groups in total. The second kappa shape index (κ2) is 7.35. The van der Waals surface area contributed by atoms with Gasteiger partial charge in [0.1, 0.15) is 5.60 Å². The van der Waals surface area contributed by atoms with E-state index in [1.54, 1.807) is 36.1 Å². The predicted molar refractivity (Wildman–Crippen MR) is 114 cm³/mol. The lowest BCUT2D eigenvalue weighted by Gasteiger charge is -2.23. The van der Waals surface area contributed by atoms with E-state index in [0.29, 0.717) is 17.8 Å². The Labute approximate surface area is 179 Å². The predicted octanol–water partition coefficient (Wildman–Crippen LogP) is 2.79. The van der Waals surface area contributed by atoms with Gasteiger partial charge in [-0.2, -0.15) is 0 Å². The summed E-state index contributed by atoms with van der Waals surface area (Å²) in [5.41, 5.74) is 0.832. The molecule has 2 bridgehead atoms. The number of hydrogen-bond donors (Lipinski definition) is 1. The maximum absolute atomic E-state index is 13.3. The molecule has 3 aliphatic heterocycles. The lowest BCUT2D eigenvalue weighted by molar-refractivity contribution is -0.128. The van der Waals surface area contributed by atoms with E-state index in [-0.39, 0.29) is 18.4 Å². The van der Waals surface area contributed by atoms with Gasteiger partial charge in [0.2, 0.25) is 11.8 Å². The fourth-order valence-electron chi connectivity index (χ4n) is 4.79. The SMILES string of the molecule is CCOC(=O)c1cccc(NC(=O)[C@@H]2[C@H]3C(=O)N(c4ccccc4)C[C@@]34C=C[C@H]2O4)c1. The summed E-state index contributed by atoms with van der Waals surface area (Å²) < 4.78 is 11.2. The molecule has 31 heavy (non-hydrogen) atoms. The molecular weight excluding hydrogens is 396 g/mol. The molecule has 158 valence electrons. The van der Waals surface area contributed by atoms with Crippen LogP contribution in [-0.2, 0) is 19.1 Å². The minimum absolute atomic E-state index is 0.113. The molecule has 3 heterocycles. The molecule has 4 atom stereocenters. The van der Waals surface area contributed by atoms with E-state index in [1.165, 1.54) is 0 Å². The number of para-hydroxylation sites is 1. The maximum atomic E-state index is 13.3. The number of rotatable bonds is 5. The summed E-state index contributed by atoms with van der Waals surface area (Å²) in [6.07, 6.45) is 3.35. The number of fused-ring (bicyclic) bond motifs is 1. The number of nitrogens with one attached hydrogen (secondary N) is 1. The quantitative estimate of drug-likeness (QED) is 0.596. The second-order valence-corrected chi connectivity index (χ2v) is 7.95. The first-order chi connectivity index (χ1) is 15.0. The van der Waals surface area contributed by atoms with Gasteiger partial charge in [0.05, 0.1) is 36.7 Å². The third kappa shape index (κ3) is 3.13. The Hall–Kier alpha value is -3.45. The summed E-state index contributed by atoms with van der Waals surface area (Å²) >= 11 is 0. The number of anilines is 2. The molecule has 7 nitrogen and oxygen atoms in total. The van der Waals surface area contributed by atoms with Gasteiger partial charge < -0.3 is 19.7 Å². The van der Waals surface area contributed by atoms with Crippen molar-refractivity contribution in [3.8, 4) is 0 Å². The van der Waals surface area contributed by atoms with Crippen LogP contribution in [0.5, 0.6) is 0 Å². The monoisotopic (exact) mass is 418 g/mol. The molecule has 2 aromatic rings. The van der Waals surface area contributed by atoms with Gasteiger partial charge in [-0.05, 0) is 37.3 Å². The number of esters is 1. The van der Waals surface area contributed by atoms with E-state index in [4.69, 9.17) is 9.47 Å². The van der Waals surface area contributed by atoms with Gasteiger partial charge >= 0.3 is 5.97 Å². The van der Waals surface area contributed by atoms with Crippen LogP contribution in [0.2, 0.25) is 0 Å². The zero-order valence-corrected chi connectivity index (χ0v) is 17.0. The van der Waals surface area contributed by atoms with E-state index in [2.05, 4.69) is 5.32 Å². The summed E-state index contributed by atoms with van der Waals surface area (Å²) in [4.78, 5) is 40.2. The fraction of sp³-hybridized carbons (Fsp3) is 0.292. The molecule has 7 heteroatoms. The zero-order chi connectivity index (χ0) is 21.6. The number of carbonyl (C=O) groups is 3. The van der Waals surface area contributed by atoms with E-state index < -0.39 is 29.5 Å². The van der Waals surface area contributed by atoms with E-state index in [1.807, 2.05) is 42.5 Å². The molecule has 2 saturated heterocycles. The van der Waals surface area contributed by atoms with Gasteiger partial charge in [-0.25, -0.2) is 4.79 Å². The smallest absolute Gasteiger partial charge is 0.338 e. The summed E-state index contributed by atoms with van der Waals surface area (Å²) in [7, 11) is 0. The Morgan fingerprint density at radius 3 is 2.77 bits per heavy atom. The van der Waals surface area contributed by atoms with Gasteiger partial charge in [-0.15, -0.1) is 0 Å². The molecule has 0 saturated carbocycles. The van der Waals surface area contributed by atoms with Crippen LogP contribution in [0.4, 0.5) is 11.4 Å². The highest BCUT2D eigenvalue weighted by Gasteiger charge is 2.67. The van der Waals surface area contributed by atoms with Crippen molar-refractivity contribution in [2.24, 2.45) is 11.8 Å². The van der Waals surface area contributed by atoms with Gasteiger partial charge in [-0.3, -0.25) is 9.59 Å². The average molecular weight is 418 g/mol.